The summed E-state index contributed by atoms with van der Waals surface area (Å²) in [6.45, 7) is 8.75. The Morgan fingerprint density at radius 1 is 0.857 bits per heavy atom. The van der Waals surface area contributed by atoms with Crippen LogP contribution in [-0.4, -0.2) is 9.97 Å². The second-order valence-electron chi connectivity index (χ2n) is 7.74. The van der Waals surface area contributed by atoms with E-state index in [1.807, 2.05) is 11.3 Å². The fourth-order valence-electron chi connectivity index (χ4n) is 3.70. The minimum absolute atomic E-state index is 0.622. The number of thiazole rings is 2. The van der Waals surface area contributed by atoms with Crippen molar-refractivity contribution in [3.63, 3.8) is 0 Å². The number of benzene rings is 2. The number of aromatic nitrogens is 2. The third kappa shape index (κ3) is 2.83. The molecule has 2 nitrogen and oxygen atoms in total. The molecule has 0 fully saturated rings. The highest BCUT2D eigenvalue weighted by molar-refractivity contribution is 7.23. The van der Waals surface area contributed by atoms with E-state index in [1.165, 1.54) is 37.2 Å². The smallest absolute Gasteiger partial charge is 0.124 e. The van der Waals surface area contributed by atoms with Gasteiger partial charge in [-0.3, -0.25) is 0 Å². The van der Waals surface area contributed by atoms with Gasteiger partial charge in [0, 0.05) is 16.7 Å². The molecule has 1 atom stereocenters. The summed E-state index contributed by atoms with van der Waals surface area (Å²) >= 11 is 3.61. The number of fused-ring (bicyclic) bond motifs is 2. The van der Waals surface area contributed by atoms with Crippen molar-refractivity contribution in [2.24, 2.45) is 5.92 Å². The molecule has 1 unspecified atom stereocenters. The van der Waals surface area contributed by atoms with Crippen LogP contribution in [0.5, 0.6) is 0 Å². The second-order valence-corrected chi connectivity index (χ2v) is 9.74. The van der Waals surface area contributed by atoms with Crippen molar-refractivity contribution in [3.05, 3.63) is 64.2 Å². The SMILES string of the molecule is Cc1ccc(-c2nc3c(C)c4nc(C5=CCC(C)C=C5)sc4c(C)c3s2)cc1. The summed E-state index contributed by atoms with van der Waals surface area (Å²) in [5, 5.41) is 2.21. The van der Waals surface area contributed by atoms with Crippen LogP contribution in [0, 0.1) is 26.7 Å². The van der Waals surface area contributed by atoms with Gasteiger partial charge in [-0.25, -0.2) is 9.97 Å². The van der Waals surface area contributed by atoms with E-state index in [2.05, 4.69) is 70.2 Å². The molecule has 0 bridgehead atoms. The first-order chi connectivity index (χ1) is 13.5. The first-order valence-corrected chi connectivity index (χ1v) is 11.3. The molecule has 0 aliphatic heterocycles. The Bertz CT molecular complexity index is 1210. The van der Waals surface area contributed by atoms with E-state index < -0.39 is 0 Å². The fraction of sp³-hybridized carbons (Fsp3) is 0.250. The molecule has 1 aliphatic rings. The lowest BCUT2D eigenvalue weighted by Gasteiger charge is -2.09. The lowest BCUT2D eigenvalue weighted by Crippen LogP contribution is -1.93. The molecule has 140 valence electrons. The normalized spacial score (nSPS) is 16.9. The number of nitrogens with zero attached hydrogens (tertiary/aromatic N) is 2. The lowest BCUT2D eigenvalue weighted by molar-refractivity contribution is 0.739. The number of hydrogen-bond donors (Lipinski definition) is 0. The van der Waals surface area contributed by atoms with E-state index in [9.17, 15) is 0 Å². The molecular formula is C24H22N2S2. The molecule has 1 aliphatic carbocycles. The quantitative estimate of drug-likeness (QED) is 0.347. The minimum Gasteiger partial charge on any atom is -0.236 e. The van der Waals surface area contributed by atoms with Crippen LogP contribution in [0.2, 0.25) is 0 Å². The van der Waals surface area contributed by atoms with E-state index in [-0.39, 0.29) is 0 Å². The Hall–Kier alpha value is -2.30. The maximum atomic E-state index is 5.03. The third-order valence-corrected chi connectivity index (χ3v) is 7.95. The van der Waals surface area contributed by atoms with Crippen molar-refractivity contribution in [3.8, 4) is 10.6 Å². The summed E-state index contributed by atoms with van der Waals surface area (Å²) in [5.41, 5.74) is 8.44. The van der Waals surface area contributed by atoms with Gasteiger partial charge in [-0.1, -0.05) is 55.0 Å². The largest absolute Gasteiger partial charge is 0.236 e. The minimum atomic E-state index is 0.622. The molecular weight excluding hydrogens is 380 g/mol. The molecule has 4 aromatic rings. The van der Waals surface area contributed by atoms with Gasteiger partial charge >= 0.3 is 0 Å². The van der Waals surface area contributed by atoms with Gasteiger partial charge in [-0.15, -0.1) is 22.7 Å². The van der Waals surface area contributed by atoms with Crippen molar-refractivity contribution in [2.45, 2.75) is 34.1 Å². The third-order valence-electron chi connectivity index (χ3n) is 5.51. The summed E-state index contributed by atoms with van der Waals surface area (Å²) in [5.74, 6) is 0.622. The summed E-state index contributed by atoms with van der Waals surface area (Å²) in [6, 6.07) is 8.64. The van der Waals surface area contributed by atoms with Crippen LogP contribution in [0.1, 0.15) is 35.0 Å². The average Bonchev–Trinajstić information content (AvgIpc) is 3.33. The lowest BCUT2D eigenvalue weighted by atomic mass is 9.99. The van der Waals surface area contributed by atoms with Gasteiger partial charge in [0.25, 0.3) is 0 Å². The number of aryl methyl sites for hydroxylation is 3. The molecule has 2 aromatic carbocycles. The van der Waals surface area contributed by atoms with Gasteiger partial charge in [0.1, 0.15) is 10.0 Å². The number of rotatable bonds is 2. The highest BCUT2D eigenvalue weighted by Crippen LogP contribution is 2.41. The molecule has 0 saturated heterocycles. The highest BCUT2D eigenvalue weighted by atomic mass is 32.1. The molecule has 0 spiro atoms. The van der Waals surface area contributed by atoms with Gasteiger partial charge in [-0.2, -0.15) is 0 Å². The molecule has 4 heteroatoms. The molecule has 0 N–H and O–H groups in total. The van der Waals surface area contributed by atoms with E-state index in [4.69, 9.17) is 9.97 Å². The highest BCUT2D eigenvalue weighted by Gasteiger charge is 2.19. The first-order valence-electron chi connectivity index (χ1n) is 9.67. The average molecular weight is 403 g/mol. The summed E-state index contributed by atoms with van der Waals surface area (Å²) in [4.78, 5) is 10.0. The maximum absolute atomic E-state index is 5.03. The molecule has 0 radical (unpaired) electrons. The summed E-state index contributed by atoms with van der Waals surface area (Å²) in [7, 11) is 0. The molecule has 2 aromatic heterocycles. The Balaban J connectivity index is 1.67. The van der Waals surface area contributed by atoms with Crippen LogP contribution in [0.25, 0.3) is 36.6 Å². The zero-order valence-corrected chi connectivity index (χ0v) is 18.2. The Morgan fingerprint density at radius 2 is 1.50 bits per heavy atom. The van der Waals surface area contributed by atoms with Crippen molar-refractivity contribution in [1.82, 2.24) is 9.97 Å². The fourth-order valence-corrected chi connectivity index (χ4v) is 6.05. The van der Waals surface area contributed by atoms with Gasteiger partial charge in [0.2, 0.25) is 0 Å². The molecule has 28 heavy (non-hydrogen) atoms. The van der Waals surface area contributed by atoms with Gasteiger partial charge in [0.15, 0.2) is 0 Å². The number of allylic oxidation sites excluding steroid dienone is 4. The van der Waals surface area contributed by atoms with E-state index in [1.54, 1.807) is 11.3 Å². The molecule has 0 amide bonds. The molecule has 0 saturated carbocycles. The van der Waals surface area contributed by atoms with Crippen LogP contribution in [0.15, 0.2) is 42.5 Å². The molecule has 5 rings (SSSR count). The van der Waals surface area contributed by atoms with Gasteiger partial charge in [-0.05, 0) is 38.7 Å². The summed E-state index contributed by atoms with van der Waals surface area (Å²) in [6.07, 6.45) is 7.93. The first kappa shape index (κ1) is 17.8. The predicted octanol–water partition coefficient (Wildman–Crippen LogP) is 7.48. The van der Waals surface area contributed by atoms with Crippen molar-refractivity contribution < 1.29 is 0 Å². The van der Waals surface area contributed by atoms with Crippen LogP contribution in [-0.2, 0) is 0 Å². The zero-order valence-electron chi connectivity index (χ0n) is 16.5. The van der Waals surface area contributed by atoms with Crippen molar-refractivity contribution in [1.29, 1.82) is 0 Å². The standard InChI is InChI=1S/C24H22N2S2/c1-13-5-9-17(10-6-13)23-25-19-15(3)20-22(16(4)21(19)27-23)28-24(26-20)18-11-7-14(2)8-12-18/h5-7,9-12,14H,8H2,1-4H3. The summed E-state index contributed by atoms with van der Waals surface area (Å²) < 4.78 is 2.59. The molecule has 2 heterocycles. The van der Waals surface area contributed by atoms with E-state index in [0.29, 0.717) is 5.92 Å². The topological polar surface area (TPSA) is 25.8 Å². The monoisotopic (exact) mass is 402 g/mol. The van der Waals surface area contributed by atoms with Crippen molar-refractivity contribution >= 4 is 48.7 Å². The van der Waals surface area contributed by atoms with Crippen LogP contribution >= 0.6 is 22.7 Å². The maximum Gasteiger partial charge on any atom is 0.124 e. The van der Waals surface area contributed by atoms with Gasteiger partial charge in [0.05, 0.1) is 20.4 Å². The second kappa shape index (κ2) is 6.64. The predicted molar refractivity (Wildman–Crippen MR) is 123 cm³/mol. The number of hydrogen-bond acceptors (Lipinski definition) is 4. The Labute approximate surface area is 173 Å². The van der Waals surface area contributed by atoms with Crippen LogP contribution < -0.4 is 0 Å². The van der Waals surface area contributed by atoms with E-state index in [0.717, 1.165) is 27.5 Å². The van der Waals surface area contributed by atoms with E-state index >= 15 is 0 Å². The Kier molecular flexibility index (Phi) is 4.22. The Morgan fingerprint density at radius 3 is 2.14 bits per heavy atom. The van der Waals surface area contributed by atoms with Crippen LogP contribution in [0.4, 0.5) is 0 Å². The van der Waals surface area contributed by atoms with Crippen molar-refractivity contribution in [2.75, 3.05) is 0 Å². The van der Waals surface area contributed by atoms with Gasteiger partial charge < -0.3 is 0 Å². The zero-order chi connectivity index (χ0) is 19.4. The van der Waals surface area contributed by atoms with Crippen LogP contribution in [0.3, 0.4) is 0 Å².